The Morgan fingerprint density at radius 1 is 0.667 bits per heavy atom. The molecule has 0 saturated carbocycles. The van der Waals surface area contributed by atoms with Gasteiger partial charge in [0.1, 0.15) is 13.2 Å². The van der Waals surface area contributed by atoms with Gasteiger partial charge in [-0.25, -0.2) is 0 Å². The smallest absolute Gasteiger partial charge is 0.268 e. The Kier molecular flexibility index (Phi) is 36.0. The molecule has 0 radical (unpaired) electrons. The second kappa shape index (κ2) is 37.1. The number of carbonyl (C=O) groups excluding carboxylic acids is 1. The van der Waals surface area contributed by atoms with Crippen molar-refractivity contribution in [2.24, 2.45) is 0 Å². The number of quaternary nitrogens is 1. The van der Waals surface area contributed by atoms with Crippen LogP contribution in [0.5, 0.6) is 0 Å². The molecule has 0 fully saturated rings. The molecule has 0 aromatic rings. The fourth-order valence-electron chi connectivity index (χ4n) is 6.09. The van der Waals surface area contributed by atoms with Crippen molar-refractivity contribution in [3.05, 3.63) is 48.6 Å². The number of aliphatic hydroxyl groups excluding tert-OH is 1. The van der Waals surface area contributed by atoms with E-state index in [1.165, 1.54) is 77.0 Å². The highest BCUT2D eigenvalue weighted by atomic mass is 31.2. The second-order valence-corrected chi connectivity index (χ2v) is 17.4. The second-order valence-electron chi connectivity index (χ2n) is 16.0. The molecular weight excluding hydrogens is 695 g/mol. The van der Waals surface area contributed by atoms with Crippen LogP contribution in [0.4, 0.5) is 0 Å². The van der Waals surface area contributed by atoms with Crippen LogP contribution >= 0.6 is 7.82 Å². The van der Waals surface area contributed by atoms with Gasteiger partial charge in [0.05, 0.1) is 39.9 Å². The Morgan fingerprint density at radius 3 is 1.65 bits per heavy atom. The summed E-state index contributed by atoms with van der Waals surface area (Å²) in [6.07, 6.45) is 46.0. The zero-order valence-corrected chi connectivity index (χ0v) is 36.6. The molecule has 0 heterocycles. The summed E-state index contributed by atoms with van der Waals surface area (Å²) >= 11 is 0. The van der Waals surface area contributed by atoms with E-state index in [2.05, 4.69) is 67.8 Å². The summed E-state index contributed by atoms with van der Waals surface area (Å²) in [4.78, 5) is 25.1. The SMILES string of the molecule is CC/C=C\C/C=C\C/C=C\C/C=C\CCCCCCCCCCCCCCCCC(=O)NC(COP(=O)([O-])OCC[N+](C)(C)C)C(O)CCCCCCC. The van der Waals surface area contributed by atoms with Crippen molar-refractivity contribution >= 4 is 13.7 Å². The zero-order chi connectivity index (χ0) is 40.0. The maximum atomic E-state index is 12.8. The van der Waals surface area contributed by atoms with Gasteiger partial charge < -0.3 is 28.8 Å². The molecule has 2 N–H and O–H groups in total. The van der Waals surface area contributed by atoms with Crippen molar-refractivity contribution in [2.45, 2.75) is 193 Å². The van der Waals surface area contributed by atoms with Crippen LogP contribution in [0.25, 0.3) is 0 Å². The molecule has 0 aliphatic heterocycles. The number of likely N-dealkylation sites (N-methyl/N-ethyl adjacent to an activating group) is 1. The maximum absolute atomic E-state index is 12.8. The van der Waals surface area contributed by atoms with Crippen molar-refractivity contribution in [2.75, 3.05) is 40.9 Å². The van der Waals surface area contributed by atoms with Crippen LogP contribution < -0.4 is 10.2 Å². The van der Waals surface area contributed by atoms with Crippen LogP contribution in [-0.2, 0) is 18.4 Å². The number of hydrogen-bond acceptors (Lipinski definition) is 6. The predicted octanol–water partition coefficient (Wildman–Crippen LogP) is 11.4. The lowest BCUT2D eigenvalue weighted by atomic mass is 10.0. The lowest BCUT2D eigenvalue weighted by Crippen LogP contribution is -2.46. The lowest BCUT2D eigenvalue weighted by molar-refractivity contribution is -0.870. The highest BCUT2D eigenvalue weighted by Gasteiger charge is 2.24. The number of allylic oxidation sites excluding steroid dienone is 8. The monoisotopic (exact) mass is 781 g/mol. The van der Waals surface area contributed by atoms with E-state index in [0.29, 0.717) is 23.9 Å². The number of phosphoric acid groups is 1. The molecule has 3 unspecified atom stereocenters. The Hall–Kier alpha value is -1.54. The van der Waals surface area contributed by atoms with Gasteiger partial charge in [-0.15, -0.1) is 0 Å². The highest BCUT2D eigenvalue weighted by molar-refractivity contribution is 7.45. The molecule has 0 saturated heterocycles. The third kappa shape index (κ3) is 38.7. The van der Waals surface area contributed by atoms with Crippen LogP contribution in [0.3, 0.4) is 0 Å². The van der Waals surface area contributed by atoms with E-state index >= 15 is 0 Å². The number of amides is 1. The molecule has 54 heavy (non-hydrogen) atoms. The molecule has 8 nitrogen and oxygen atoms in total. The normalized spacial score (nSPS) is 14.9. The summed E-state index contributed by atoms with van der Waals surface area (Å²) in [6.45, 7) is 4.50. The van der Waals surface area contributed by atoms with Crippen molar-refractivity contribution in [1.82, 2.24) is 5.32 Å². The van der Waals surface area contributed by atoms with Crippen molar-refractivity contribution < 1.29 is 32.9 Å². The van der Waals surface area contributed by atoms with E-state index in [9.17, 15) is 19.4 Å². The highest BCUT2D eigenvalue weighted by Crippen LogP contribution is 2.38. The first-order chi connectivity index (χ1) is 26.0. The first kappa shape index (κ1) is 52.5. The molecule has 316 valence electrons. The number of nitrogens with zero attached hydrogens (tertiary/aromatic N) is 1. The summed E-state index contributed by atoms with van der Waals surface area (Å²) < 4.78 is 23.0. The molecule has 0 aromatic carbocycles. The zero-order valence-electron chi connectivity index (χ0n) is 35.7. The topological polar surface area (TPSA) is 108 Å². The van der Waals surface area contributed by atoms with Gasteiger partial charge in [-0.05, 0) is 51.4 Å². The Morgan fingerprint density at radius 2 is 1.13 bits per heavy atom. The van der Waals surface area contributed by atoms with E-state index in [0.717, 1.165) is 77.0 Å². The number of hydrogen-bond donors (Lipinski definition) is 2. The molecule has 0 spiro atoms. The van der Waals surface area contributed by atoms with Crippen molar-refractivity contribution in [3.8, 4) is 0 Å². The van der Waals surface area contributed by atoms with E-state index in [4.69, 9.17) is 9.05 Å². The minimum absolute atomic E-state index is 0.0102. The van der Waals surface area contributed by atoms with Crippen molar-refractivity contribution in [1.29, 1.82) is 0 Å². The van der Waals surface area contributed by atoms with Gasteiger partial charge in [-0.2, -0.15) is 0 Å². The van der Waals surface area contributed by atoms with Crippen LogP contribution in [0.1, 0.15) is 181 Å². The van der Waals surface area contributed by atoms with Crippen LogP contribution in [0.2, 0.25) is 0 Å². The van der Waals surface area contributed by atoms with E-state index in [1.54, 1.807) is 0 Å². The number of aliphatic hydroxyl groups is 1. The molecule has 0 aliphatic carbocycles. The van der Waals surface area contributed by atoms with Crippen LogP contribution in [0, 0.1) is 0 Å². The predicted molar refractivity (Wildman–Crippen MR) is 228 cm³/mol. The third-order valence-corrected chi connectivity index (χ3v) is 10.5. The van der Waals surface area contributed by atoms with Gasteiger partial charge in [0.15, 0.2) is 0 Å². The number of phosphoric ester groups is 1. The number of unbranched alkanes of at least 4 members (excludes halogenated alkanes) is 18. The average Bonchev–Trinajstić information content (AvgIpc) is 3.12. The standard InChI is InChI=1S/C45H85N2O6P/c1-6-8-10-12-13-14-15-16-17-18-19-20-21-22-23-24-25-26-27-28-29-30-31-32-33-35-37-39-45(49)46-43(44(48)38-36-34-11-9-7-2)42-53-54(50,51)52-41-40-47(3,4)5/h8,10,13-14,16-17,19-20,43-44,48H,6-7,9,11-12,15,18,21-42H2,1-5H3,(H-,46,49,50,51)/b10-8-,14-13-,17-16-,20-19-. The molecule has 0 aromatic heterocycles. The molecule has 9 heteroatoms. The Bertz CT molecular complexity index is 1020. The van der Waals surface area contributed by atoms with Gasteiger partial charge >= 0.3 is 0 Å². The van der Waals surface area contributed by atoms with E-state index < -0.39 is 20.0 Å². The molecular formula is C45H85N2O6P. The average molecular weight is 781 g/mol. The van der Waals surface area contributed by atoms with Crippen LogP contribution in [0.15, 0.2) is 48.6 Å². The maximum Gasteiger partial charge on any atom is 0.268 e. The lowest BCUT2D eigenvalue weighted by Gasteiger charge is -2.30. The molecule has 1 amide bonds. The number of carbonyl (C=O) groups is 1. The molecule has 0 rings (SSSR count). The fraction of sp³-hybridized carbons (Fsp3) is 0.800. The van der Waals surface area contributed by atoms with Gasteiger partial charge in [0.2, 0.25) is 5.91 Å². The fourth-order valence-corrected chi connectivity index (χ4v) is 6.81. The summed E-state index contributed by atoms with van der Waals surface area (Å²) in [5, 5.41) is 13.7. The van der Waals surface area contributed by atoms with Crippen LogP contribution in [-0.4, -0.2) is 68.5 Å². The minimum atomic E-state index is -4.55. The summed E-state index contributed by atoms with van der Waals surface area (Å²) in [5.41, 5.74) is 0. The van der Waals surface area contributed by atoms with Gasteiger partial charge in [-0.1, -0.05) is 172 Å². The molecule has 0 aliphatic rings. The van der Waals surface area contributed by atoms with Gasteiger partial charge in [0.25, 0.3) is 7.82 Å². The third-order valence-electron chi connectivity index (χ3n) is 9.58. The van der Waals surface area contributed by atoms with E-state index in [-0.39, 0.29) is 19.1 Å². The largest absolute Gasteiger partial charge is 0.756 e. The number of rotatable bonds is 39. The number of nitrogens with one attached hydrogen (secondary N) is 1. The molecule has 0 bridgehead atoms. The van der Waals surface area contributed by atoms with Gasteiger partial charge in [-0.3, -0.25) is 9.36 Å². The van der Waals surface area contributed by atoms with Crippen molar-refractivity contribution in [3.63, 3.8) is 0 Å². The quantitative estimate of drug-likeness (QED) is 0.0278. The Balaban J connectivity index is 3.96. The first-order valence-corrected chi connectivity index (χ1v) is 23.4. The van der Waals surface area contributed by atoms with E-state index in [1.807, 2.05) is 21.1 Å². The summed E-state index contributed by atoms with van der Waals surface area (Å²) in [6, 6.07) is -0.797. The Labute approximate surface area is 333 Å². The first-order valence-electron chi connectivity index (χ1n) is 22.0. The molecule has 3 atom stereocenters. The van der Waals surface area contributed by atoms with Gasteiger partial charge in [0, 0.05) is 6.42 Å². The minimum Gasteiger partial charge on any atom is -0.756 e. The summed E-state index contributed by atoms with van der Waals surface area (Å²) in [5.74, 6) is -0.175. The summed E-state index contributed by atoms with van der Waals surface area (Å²) in [7, 11) is 1.29.